The molecule has 75 heavy (non-hydrogen) atoms. The third-order valence-corrected chi connectivity index (χ3v) is 20.1. The molecule has 422 valence electrons. The summed E-state index contributed by atoms with van der Waals surface area (Å²) in [6, 6.07) is -0.743. The summed E-state index contributed by atoms with van der Waals surface area (Å²) >= 11 is 0. The number of ether oxygens (including phenoxy) is 1. The van der Waals surface area contributed by atoms with Crippen molar-refractivity contribution in [1.82, 2.24) is 25.3 Å². The quantitative estimate of drug-likeness (QED) is 0.0165. The second kappa shape index (κ2) is 29.5. The number of ketones is 3. The van der Waals surface area contributed by atoms with Gasteiger partial charge in [0, 0.05) is 92.7 Å². The van der Waals surface area contributed by atoms with Crippen LogP contribution in [0.2, 0.25) is 0 Å². The van der Waals surface area contributed by atoms with E-state index in [0.29, 0.717) is 70.1 Å². The number of azide groups is 1. The summed E-state index contributed by atoms with van der Waals surface area (Å²) in [5.41, 5.74) is 7.73. The average molecular weight is 1070 g/mol. The predicted octanol–water partition coefficient (Wildman–Crippen LogP) is 10.5. The van der Waals surface area contributed by atoms with Crippen LogP contribution in [0.1, 0.15) is 206 Å². The summed E-state index contributed by atoms with van der Waals surface area (Å²) in [5, 5.41) is 13.1. The van der Waals surface area contributed by atoms with Gasteiger partial charge in [0.1, 0.15) is 23.6 Å². The number of nitrogens with one attached hydrogen (secondary N) is 4. The molecule has 2 unspecified atom stereocenters. The van der Waals surface area contributed by atoms with E-state index in [1.807, 2.05) is 0 Å². The van der Waals surface area contributed by atoms with Crippen molar-refractivity contribution in [3.8, 4) is 0 Å². The number of aromatic nitrogens is 2. The zero-order valence-electron chi connectivity index (χ0n) is 46.2. The number of amides is 1. The Morgan fingerprint density at radius 1 is 0.893 bits per heavy atom. The van der Waals surface area contributed by atoms with E-state index >= 15 is 0 Å². The molecule has 4 saturated carbocycles. The summed E-state index contributed by atoms with van der Waals surface area (Å²) in [7, 11) is -3.90. The maximum Gasteiger partial charge on any atom is 0.405 e. The smallest absolute Gasteiger partial charge is 0.355 e. The lowest BCUT2D eigenvalue weighted by Crippen LogP contribution is -2.60. The lowest BCUT2D eigenvalue weighted by molar-refractivity contribution is -0.166. The molecular formula is C56H93N8O10P. The van der Waals surface area contributed by atoms with Gasteiger partial charge in [0.05, 0.1) is 25.4 Å². The van der Waals surface area contributed by atoms with Crippen LogP contribution >= 0.6 is 7.75 Å². The molecule has 1 amide bonds. The number of Topliss-reactive ketones (excluding diaryl/α,β-unsaturated/α-hetero) is 3. The normalized spacial score (nSPS) is 29.5. The number of aromatic amines is 1. The molecule has 0 spiro atoms. The first-order chi connectivity index (χ1) is 36.0. The minimum Gasteiger partial charge on any atom is -0.355 e. The van der Waals surface area contributed by atoms with Crippen molar-refractivity contribution in [2.24, 2.45) is 51.5 Å². The second-order valence-electron chi connectivity index (χ2n) is 23.5. The molecule has 6 rings (SSSR count). The van der Waals surface area contributed by atoms with Crippen molar-refractivity contribution in [1.29, 1.82) is 0 Å². The Morgan fingerprint density at radius 3 is 2.21 bits per heavy atom. The van der Waals surface area contributed by atoms with Crippen molar-refractivity contribution in [2.75, 3.05) is 39.4 Å². The Bertz CT molecular complexity index is 2270. The molecule has 1 saturated heterocycles. The van der Waals surface area contributed by atoms with Crippen molar-refractivity contribution in [3.63, 3.8) is 0 Å². The van der Waals surface area contributed by atoms with Crippen LogP contribution in [0, 0.1) is 53.3 Å². The fourth-order valence-corrected chi connectivity index (χ4v) is 15.2. The number of hydrogen-bond donors (Lipinski definition) is 4. The highest BCUT2D eigenvalue weighted by Crippen LogP contribution is 2.66. The highest BCUT2D eigenvalue weighted by Gasteiger charge is 2.66. The molecule has 5 aliphatic rings. The van der Waals surface area contributed by atoms with Gasteiger partial charge in [-0.05, 0) is 79.6 Å². The molecule has 0 bridgehead atoms. The van der Waals surface area contributed by atoms with E-state index in [1.165, 1.54) is 87.8 Å². The van der Waals surface area contributed by atoms with Gasteiger partial charge in [0.2, 0.25) is 5.91 Å². The number of nitrogens with zero attached hydrogens (tertiary/aromatic N) is 4. The van der Waals surface area contributed by atoms with Gasteiger partial charge in [0.25, 0.3) is 5.56 Å². The summed E-state index contributed by atoms with van der Waals surface area (Å²) in [5.74, 6) is 0.866. The molecule has 1 aromatic heterocycles. The van der Waals surface area contributed by atoms with E-state index in [4.69, 9.17) is 13.8 Å². The summed E-state index contributed by atoms with van der Waals surface area (Å²) < 4.78 is 33.5. The fourth-order valence-electron chi connectivity index (χ4n) is 13.9. The number of carbonyl (C=O) groups excluding carboxylic acids is 4. The van der Waals surface area contributed by atoms with Gasteiger partial charge >= 0.3 is 13.4 Å². The topological polar surface area (TPSA) is 253 Å². The van der Waals surface area contributed by atoms with E-state index in [9.17, 15) is 38.9 Å². The molecule has 18 nitrogen and oxygen atoms in total. The third kappa shape index (κ3) is 16.3. The molecule has 1 aliphatic heterocycles. The number of carbonyl (C=O) groups is 4. The van der Waals surface area contributed by atoms with Gasteiger partial charge in [0.15, 0.2) is 0 Å². The molecule has 19 heteroatoms. The maximum atomic E-state index is 14.2. The van der Waals surface area contributed by atoms with Crippen LogP contribution in [-0.4, -0.2) is 84.3 Å². The van der Waals surface area contributed by atoms with Crippen molar-refractivity contribution in [3.05, 3.63) is 43.0 Å². The Kier molecular flexibility index (Phi) is 23.9. The fraction of sp³-hybridized carbons (Fsp3) is 0.857. The molecule has 2 heterocycles. The number of hydrogen-bond acceptors (Lipinski definition) is 12. The molecule has 4 aliphatic carbocycles. The third-order valence-electron chi connectivity index (χ3n) is 18.5. The Balaban J connectivity index is 0.906. The van der Waals surface area contributed by atoms with Crippen LogP contribution in [0.15, 0.2) is 20.9 Å². The van der Waals surface area contributed by atoms with Crippen LogP contribution in [0.3, 0.4) is 0 Å². The first-order valence-electron chi connectivity index (χ1n) is 29.3. The van der Waals surface area contributed by atoms with Crippen molar-refractivity contribution >= 4 is 31.0 Å². The zero-order valence-corrected chi connectivity index (χ0v) is 47.1. The molecular weight excluding hydrogens is 976 g/mol. The van der Waals surface area contributed by atoms with Crippen molar-refractivity contribution < 1.29 is 37.5 Å². The lowest BCUT2D eigenvalue weighted by Gasteiger charge is -2.58. The number of fused-ring (bicyclic) bond motifs is 5. The van der Waals surface area contributed by atoms with E-state index < -0.39 is 42.8 Å². The first-order valence-corrected chi connectivity index (χ1v) is 30.8. The van der Waals surface area contributed by atoms with Gasteiger partial charge < -0.3 is 15.4 Å². The highest BCUT2D eigenvalue weighted by molar-refractivity contribution is 7.51. The monoisotopic (exact) mass is 1070 g/mol. The molecule has 12 atom stereocenters. The van der Waals surface area contributed by atoms with Gasteiger partial charge in [-0.3, -0.25) is 42.6 Å². The molecule has 4 N–H and O–H groups in total. The van der Waals surface area contributed by atoms with Crippen molar-refractivity contribution in [2.45, 2.75) is 220 Å². The highest BCUT2D eigenvalue weighted by atomic mass is 31.2. The molecule has 0 aromatic carbocycles. The maximum absolute atomic E-state index is 14.2. The van der Waals surface area contributed by atoms with E-state index in [2.05, 4.69) is 58.4 Å². The van der Waals surface area contributed by atoms with Crippen LogP contribution < -0.4 is 27.0 Å². The first kappa shape index (κ1) is 60.7. The number of H-pyrrole nitrogens is 1. The van der Waals surface area contributed by atoms with E-state index in [-0.39, 0.29) is 90.4 Å². The predicted molar refractivity (Wildman–Crippen MR) is 290 cm³/mol. The SMILES string of the molecule is CCCCCCCCCCCCCCCCCCOP(=O)(NCCNCCNC(=O)CCC(C)[C@H]1CC[C@H]2[C@@H]3C(=O)C[C@@H]4CC(=O)CC[C@]4(C)[C@H]3CC(=O)[C@]12C)OC[C@H]1O[C@@H](n2cc(C)c(=O)[nH]c2=O)C[C@@H]1N=[N+]=[N-]. The minimum atomic E-state index is -3.90. The van der Waals surface area contributed by atoms with Crippen LogP contribution in [0.4, 0.5) is 0 Å². The van der Waals surface area contributed by atoms with E-state index in [1.54, 1.807) is 6.92 Å². The Labute approximate surface area is 446 Å². The molecule has 1 aromatic rings. The van der Waals surface area contributed by atoms with E-state index in [0.717, 1.165) is 38.5 Å². The van der Waals surface area contributed by atoms with Gasteiger partial charge in [-0.15, -0.1) is 0 Å². The summed E-state index contributed by atoms with van der Waals surface area (Å²) in [6.45, 7) is 11.7. The number of aryl methyl sites for hydroxylation is 1. The standard InChI is InChI=1S/C56H93N8O10P/c1-6-7-8-9-10-11-12-13-14-15-16-17-18-19-20-21-32-72-75(71,73-38-48-46(62-63-57)36-51(74-48)64-37-40(3)53(69)61-54(64)70)60-31-29-58-28-30-59-50(68)25-22-39(2)43-23-24-44-52-45(35-49(67)56(43,44)5)55(4)27-26-42(65)33-41(55)34-47(52)66/h37,39,41,43-46,48,51-52,58H,6-36,38H2,1-5H3,(H,59,68)(H,60,71)(H,61,69,70)/t39?,41-,43+,44-,45-,46-,48+,51+,52-,55-,56+,75?/m0/s1. The average Bonchev–Trinajstić information content (AvgIpc) is 3.96. The Morgan fingerprint density at radius 2 is 1.55 bits per heavy atom. The Hall–Kier alpha value is -3.50. The van der Waals surface area contributed by atoms with Gasteiger partial charge in [-0.2, -0.15) is 0 Å². The molecule has 5 fully saturated rings. The largest absolute Gasteiger partial charge is 0.405 e. The lowest BCUT2D eigenvalue weighted by atomic mass is 9.44. The molecule has 0 radical (unpaired) electrons. The summed E-state index contributed by atoms with van der Waals surface area (Å²) in [6.07, 6.45) is 24.8. The number of rotatable bonds is 34. The van der Waals surface area contributed by atoms with Gasteiger partial charge in [-0.25, -0.2) is 14.4 Å². The second-order valence-corrected chi connectivity index (χ2v) is 25.3. The minimum absolute atomic E-state index is 0.0113. The van der Waals surface area contributed by atoms with Crippen LogP contribution in [0.25, 0.3) is 10.4 Å². The number of unbranched alkanes of at least 4 members (excludes halogenated alkanes) is 15. The van der Waals surface area contributed by atoms with Crippen LogP contribution in [0.5, 0.6) is 0 Å². The summed E-state index contributed by atoms with van der Waals surface area (Å²) in [4.78, 5) is 83.4. The van der Waals surface area contributed by atoms with Gasteiger partial charge in [-0.1, -0.05) is 129 Å². The van der Waals surface area contributed by atoms with Crippen LogP contribution in [-0.2, 0) is 37.5 Å². The zero-order chi connectivity index (χ0) is 54.0.